The molecule has 0 N–H and O–H groups in total. The summed E-state index contributed by atoms with van der Waals surface area (Å²) in [4.78, 5) is 2.27. The zero-order chi connectivity index (χ0) is 50.7. The molecule has 7 aromatic carbocycles. The van der Waals surface area contributed by atoms with E-state index in [0.717, 1.165) is 50.5 Å². The van der Waals surface area contributed by atoms with Crippen molar-refractivity contribution in [1.29, 1.82) is 0 Å². The molecule has 0 aliphatic carbocycles. The fraction of sp³-hybridized carbons (Fsp3) is 0.0986. The van der Waals surface area contributed by atoms with Crippen molar-refractivity contribution < 1.29 is 0 Å². The molecule has 1 heteroatoms. The number of hydrogen-bond donors (Lipinski definition) is 0. The van der Waals surface area contributed by atoms with Crippen LogP contribution < -0.4 is 4.90 Å². The smallest absolute Gasteiger partial charge is 0.0462 e. The number of hydrogen-bond acceptors (Lipinski definition) is 1. The molecule has 0 aliphatic rings. The van der Waals surface area contributed by atoms with E-state index in [4.69, 9.17) is 0 Å². The maximum Gasteiger partial charge on any atom is 0.0462 e. The van der Waals surface area contributed by atoms with E-state index in [0.29, 0.717) is 0 Å². The maximum atomic E-state index is 4.26. The molecule has 0 spiro atoms. The molecular formula is C71H67N. The van der Waals surface area contributed by atoms with Gasteiger partial charge in [0.25, 0.3) is 0 Å². The molecule has 0 atom stereocenters. The summed E-state index contributed by atoms with van der Waals surface area (Å²) in [6.45, 7) is 18.9. The largest absolute Gasteiger partial charge is 0.311 e. The highest BCUT2D eigenvalue weighted by atomic mass is 15.1. The molecule has 0 saturated carbocycles. The summed E-state index contributed by atoms with van der Waals surface area (Å²) in [5.41, 5.74) is 21.8. The molecule has 0 bridgehead atoms. The van der Waals surface area contributed by atoms with Crippen LogP contribution in [0.3, 0.4) is 0 Å². The third-order valence-electron chi connectivity index (χ3n) is 12.7. The Morgan fingerprint density at radius 3 is 1.03 bits per heavy atom. The molecule has 1 nitrogen and oxygen atoms in total. The van der Waals surface area contributed by atoms with Gasteiger partial charge < -0.3 is 4.90 Å². The van der Waals surface area contributed by atoms with Gasteiger partial charge in [-0.25, -0.2) is 0 Å². The standard InChI is InChI=1S/C71H67N/c1-9-17-36-65(16-8)72(66-49-45-58(46-50-66)56-37-41-63(42-38-56)70(55(15-7)29-12-4)68(53(13-5)27-10-2)60-30-21-18-22-31-60)67-51-47-59(48-52-67)57-39-43-64(44-40-57)71(62-34-25-20-26-35-62)69(54(14-6)28-11-3)61-32-23-19-24-33-61/h9-52H,8H2,1-7H3/b17-9-,27-10-,28-11-,29-12-,53-13+,54-14+,55-15+,65-36+,70-68-,71-69-. The van der Waals surface area contributed by atoms with Crippen molar-refractivity contribution >= 4 is 33.7 Å². The van der Waals surface area contributed by atoms with E-state index in [2.05, 4.69) is 308 Å². The summed E-state index contributed by atoms with van der Waals surface area (Å²) in [5.74, 6) is 0. The first kappa shape index (κ1) is 51.3. The number of benzene rings is 7. The first-order valence-electron chi connectivity index (χ1n) is 25.1. The van der Waals surface area contributed by atoms with Crippen LogP contribution in [0.4, 0.5) is 11.4 Å². The van der Waals surface area contributed by atoms with Gasteiger partial charge in [-0.1, -0.05) is 237 Å². The average Bonchev–Trinajstić information content (AvgIpc) is 3.44. The van der Waals surface area contributed by atoms with E-state index in [1.807, 2.05) is 19.1 Å². The van der Waals surface area contributed by atoms with Gasteiger partial charge in [-0.3, -0.25) is 0 Å². The number of anilines is 2. The third-order valence-corrected chi connectivity index (χ3v) is 12.7. The minimum Gasteiger partial charge on any atom is -0.311 e. The van der Waals surface area contributed by atoms with Crippen LogP contribution in [-0.2, 0) is 0 Å². The van der Waals surface area contributed by atoms with E-state index < -0.39 is 0 Å². The zero-order valence-electron chi connectivity index (χ0n) is 43.1. The molecule has 0 aliphatic heterocycles. The van der Waals surface area contributed by atoms with Gasteiger partial charge in [0.05, 0.1) is 0 Å². The van der Waals surface area contributed by atoms with Crippen LogP contribution in [0, 0.1) is 0 Å². The van der Waals surface area contributed by atoms with Crippen LogP contribution in [0.15, 0.2) is 296 Å². The van der Waals surface area contributed by atoms with Crippen LogP contribution in [-0.4, -0.2) is 0 Å². The van der Waals surface area contributed by atoms with Gasteiger partial charge in [-0.05, 0) is 174 Å². The molecular weight excluding hydrogens is 867 g/mol. The molecule has 7 rings (SSSR count). The second kappa shape index (κ2) is 25.9. The topological polar surface area (TPSA) is 3.24 Å². The Kier molecular flexibility index (Phi) is 18.5. The highest BCUT2D eigenvalue weighted by Crippen LogP contribution is 2.41. The van der Waals surface area contributed by atoms with Gasteiger partial charge in [0, 0.05) is 17.1 Å². The predicted octanol–water partition coefficient (Wildman–Crippen LogP) is 20.2. The van der Waals surface area contributed by atoms with Gasteiger partial charge in [-0.2, -0.15) is 0 Å². The Balaban J connectivity index is 1.23. The third kappa shape index (κ3) is 12.1. The number of rotatable bonds is 18. The van der Waals surface area contributed by atoms with Gasteiger partial charge in [-0.15, -0.1) is 0 Å². The lowest BCUT2D eigenvalue weighted by atomic mass is 9.84. The molecule has 0 radical (unpaired) electrons. The Hall–Kier alpha value is -8.52. The van der Waals surface area contributed by atoms with Crippen molar-refractivity contribution in [2.24, 2.45) is 0 Å². The minimum absolute atomic E-state index is 0.975. The molecule has 7 aromatic rings. The summed E-state index contributed by atoms with van der Waals surface area (Å²) < 4.78 is 0. The van der Waals surface area contributed by atoms with Crippen molar-refractivity contribution in [3.8, 4) is 22.3 Å². The molecule has 356 valence electrons. The molecule has 0 aromatic heterocycles. The lowest BCUT2D eigenvalue weighted by Gasteiger charge is -2.26. The average molecular weight is 934 g/mol. The van der Waals surface area contributed by atoms with Gasteiger partial charge >= 0.3 is 0 Å². The van der Waals surface area contributed by atoms with E-state index in [1.165, 1.54) is 55.7 Å². The maximum absolute atomic E-state index is 4.26. The summed E-state index contributed by atoms with van der Waals surface area (Å²) in [6.07, 6.45) is 27.7. The molecule has 0 saturated heterocycles. The van der Waals surface area contributed by atoms with Crippen LogP contribution in [0.2, 0.25) is 0 Å². The van der Waals surface area contributed by atoms with Crippen molar-refractivity contribution in [3.05, 3.63) is 324 Å². The van der Waals surface area contributed by atoms with Crippen molar-refractivity contribution in [2.45, 2.75) is 48.5 Å². The summed E-state index contributed by atoms with van der Waals surface area (Å²) in [5, 5.41) is 0. The highest BCUT2D eigenvalue weighted by molar-refractivity contribution is 6.07. The number of nitrogens with zero attached hydrogens (tertiary/aromatic N) is 1. The van der Waals surface area contributed by atoms with E-state index >= 15 is 0 Å². The second-order valence-corrected chi connectivity index (χ2v) is 17.2. The monoisotopic (exact) mass is 934 g/mol. The molecule has 72 heavy (non-hydrogen) atoms. The van der Waals surface area contributed by atoms with Crippen LogP contribution in [0.25, 0.3) is 44.5 Å². The van der Waals surface area contributed by atoms with Crippen molar-refractivity contribution in [1.82, 2.24) is 0 Å². The van der Waals surface area contributed by atoms with Gasteiger partial charge in [0.1, 0.15) is 0 Å². The Morgan fingerprint density at radius 2 is 0.667 bits per heavy atom. The molecule has 0 fully saturated rings. The van der Waals surface area contributed by atoms with Crippen molar-refractivity contribution in [3.63, 3.8) is 0 Å². The quantitative estimate of drug-likeness (QED) is 0.0612. The van der Waals surface area contributed by atoms with Gasteiger partial charge in [0.2, 0.25) is 0 Å². The summed E-state index contributed by atoms with van der Waals surface area (Å²) in [6, 6.07) is 67.9. The first-order valence-corrected chi connectivity index (χ1v) is 25.1. The van der Waals surface area contributed by atoms with Crippen molar-refractivity contribution in [2.75, 3.05) is 4.90 Å². The SMILES string of the molecule is C=C/C(=C\C=C/C)N(c1ccc(-c2ccc(C(=C(C(/C=C\C)=C/C)\c3ccccc3)/C(/C=C\C)=C/C)cc2)cc1)c1ccc(-c2ccc(/C(=C(C(/C=C\C)=C/C)\c3ccccc3)c3ccccc3)cc2)cc1. The molecule has 0 amide bonds. The Bertz CT molecular complexity index is 3210. The van der Waals surface area contributed by atoms with Gasteiger partial charge in [0.15, 0.2) is 0 Å². The van der Waals surface area contributed by atoms with Crippen LogP contribution in [0.5, 0.6) is 0 Å². The summed E-state index contributed by atoms with van der Waals surface area (Å²) in [7, 11) is 0. The lowest BCUT2D eigenvalue weighted by molar-refractivity contribution is 1.21. The summed E-state index contributed by atoms with van der Waals surface area (Å²) >= 11 is 0. The van der Waals surface area contributed by atoms with E-state index in [-0.39, 0.29) is 0 Å². The first-order chi connectivity index (χ1) is 35.4. The zero-order valence-corrected chi connectivity index (χ0v) is 43.1. The van der Waals surface area contributed by atoms with Crippen LogP contribution in [0.1, 0.15) is 76.3 Å². The van der Waals surface area contributed by atoms with E-state index in [1.54, 1.807) is 0 Å². The molecule has 0 unspecified atom stereocenters. The second-order valence-electron chi connectivity index (χ2n) is 17.2. The van der Waals surface area contributed by atoms with E-state index in [9.17, 15) is 0 Å². The predicted molar refractivity (Wildman–Crippen MR) is 317 cm³/mol. The molecule has 0 heterocycles. The normalized spacial score (nSPS) is 13.5. The minimum atomic E-state index is 0.975. The highest BCUT2D eigenvalue weighted by Gasteiger charge is 2.20. The Labute approximate surface area is 431 Å². The van der Waals surface area contributed by atoms with Crippen LogP contribution >= 0.6 is 0 Å². The lowest BCUT2D eigenvalue weighted by Crippen LogP contribution is -2.14. The fourth-order valence-electron chi connectivity index (χ4n) is 9.29. The fourth-order valence-corrected chi connectivity index (χ4v) is 9.29. The Morgan fingerprint density at radius 1 is 0.347 bits per heavy atom. The number of allylic oxidation sites excluding steroid dienone is 19.